The van der Waals surface area contributed by atoms with Crippen molar-refractivity contribution in [3.63, 3.8) is 0 Å². The number of hydrogen-bond donors (Lipinski definition) is 1. The Bertz CT molecular complexity index is 426. The van der Waals surface area contributed by atoms with Crippen molar-refractivity contribution in [3.05, 3.63) is 35.4 Å². The lowest BCUT2D eigenvalue weighted by atomic mass is 9.86. The zero-order valence-corrected chi connectivity index (χ0v) is 12.2. The molecule has 3 heteroatoms. The highest BCUT2D eigenvalue weighted by Gasteiger charge is 2.32. The lowest BCUT2D eigenvalue weighted by Crippen LogP contribution is -2.31. The summed E-state index contributed by atoms with van der Waals surface area (Å²) in [7, 11) is 0. The van der Waals surface area contributed by atoms with Gasteiger partial charge in [0.05, 0.1) is 5.60 Å². The maximum Gasteiger partial charge on any atom is 0.129 e. The van der Waals surface area contributed by atoms with Crippen LogP contribution in [-0.4, -0.2) is 10.7 Å². The van der Waals surface area contributed by atoms with Gasteiger partial charge in [0.25, 0.3) is 0 Å². The monoisotopic (exact) mass is 282 g/mol. The van der Waals surface area contributed by atoms with Crippen molar-refractivity contribution >= 4 is 0 Å². The molecule has 0 spiro atoms. The summed E-state index contributed by atoms with van der Waals surface area (Å²) in [6.45, 7) is 2.17. The molecule has 0 radical (unpaired) electrons. The molecule has 0 aliphatic heterocycles. The van der Waals surface area contributed by atoms with Crippen LogP contribution in [0.5, 0.6) is 0 Å². The zero-order valence-electron chi connectivity index (χ0n) is 12.2. The van der Waals surface area contributed by atoms with Crippen LogP contribution in [0.4, 0.5) is 8.78 Å². The molecule has 1 N–H and O–H groups in total. The van der Waals surface area contributed by atoms with E-state index in [1.165, 1.54) is 24.6 Å². The summed E-state index contributed by atoms with van der Waals surface area (Å²) in [5, 5.41) is 10.7. The maximum absolute atomic E-state index is 13.7. The number of rotatable bonds is 4. The van der Waals surface area contributed by atoms with Crippen molar-refractivity contribution in [1.82, 2.24) is 0 Å². The SMILES string of the molecule is CCCC1CCCC(O)(Cc2c(F)cccc2F)CC1. The Balaban J connectivity index is 2.07. The third kappa shape index (κ3) is 3.78. The largest absolute Gasteiger partial charge is 0.390 e. The highest BCUT2D eigenvalue weighted by Crippen LogP contribution is 2.35. The first-order chi connectivity index (χ1) is 9.54. The molecular weight excluding hydrogens is 258 g/mol. The molecule has 20 heavy (non-hydrogen) atoms. The summed E-state index contributed by atoms with van der Waals surface area (Å²) < 4.78 is 27.4. The maximum atomic E-state index is 13.7. The molecule has 2 atom stereocenters. The lowest BCUT2D eigenvalue weighted by Gasteiger charge is -2.27. The third-order valence-corrected chi connectivity index (χ3v) is 4.54. The van der Waals surface area contributed by atoms with Gasteiger partial charge in [-0.3, -0.25) is 0 Å². The first kappa shape index (κ1) is 15.4. The molecule has 1 aromatic rings. The number of benzene rings is 1. The summed E-state index contributed by atoms with van der Waals surface area (Å²) >= 11 is 0. The molecule has 0 amide bonds. The highest BCUT2D eigenvalue weighted by atomic mass is 19.1. The molecule has 2 unspecified atom stereocenters. The van der Waals surface area contributed by atoms with Gasteiger partial charge in [-0.2, -0.15) is 0 Å². The Morgan fingerprint density at radius 1 is 1.20 bits per heavy atom. The predicted molar refractivity (Wildman–Crippen MR) is 76.5 cm³/mol. The third-order valence-electron chi connectivity index (χ3n) is 4.54. The molecule has 1 saturated carbocycles. The van der Waals surface area contributed by atoms with Crippen LogP contribution in [-0.2, 0) is 6.42 Å². The molecule has 0 bridgehead atoms. The van der Waals surface area contributed by atoms with Crippen molar-refractivity contribution in [2.24, 2.45) is 5.92 Å². The van der Waals surface area contributed by atoms with Crippen LogP contribution in [0.3, 0.4) is 0 Å². The van der Waals surface area contributed by atoms with Gasteiger partial charge in [-0.15, -0.1) is 0 Å². The van der Waals surface area contributed by atoms with Crippen LogP contribution in [0, 0.1) is 17.6 Å². The van der Waals surface area contributed by atoms with Gasteiger partial charge < -0.3 is 5.11 Å². The first-order valence-corrected chi connectivity index (χ1v) is 7.69. The van der Waals surface area contributed by atoms with E-state index < -0.39 is 17.2 Å². The van der Waals surface area contributed by atoms with Gasteiger partial charge in [0.2, 0.25) is 0 Å². The second kappa shape index (κ2) is 6.66. The van der Waals surface area contributed by atoms with Crippen molar-refractivity contribution in [3.8, 4) is 0 Å². The van der Waals surface area contributed by atoms with E-state index in [2.05, 4.69) is 6.92 Å². The quantitative estimate of drug-likeness (QED) is 0.799. The molecule has 1 fully saturated rings. The Labute approximate surface area is 120 Å². The van der Waals surface area contributed by atoms with Crippen LogP contribution < -0.4 is 0 Å². The Morgan fingerprint density at radius 3 is 2.55 bits per heavy atom. The topological polar surface area (TPSA) is 20.2 Å². The van der Waals surface area contributed by atoms with Gasteiger partial charge in [0.1, 0.15) is 11.6 Å². The fourth-order valence-electron chi connectivity index (χ4n) is 3.37. The van der Waals surface area contributed by atoms with E-state index >= 15 is 0 Å². The summed E-state index contributed by atoms with van der Waals surface area (Å²) in [5.74, 6) is -0.444. The molecule has 1 aromatic carbocycles. The fourth-order valence-corrected chi connectivity index (χ4v) is 3.37. The second-order valence-corrected chi connectivity index (χ2v) is 6.19. The Kier molecular flexibility index (Phi) is 5.14. The first-order valence-electron chi connectivity index (χ1n) is 7.69. The molecule has 0 aromatic heterocycles. The molecule has 1 nitrogen and oxygen atoms in total. The molecule has 112 valence electrons. The minimum Gasteiger partial charge on any atom is -0.390 e. The molecule has 2 rings (SSSR count). The smallest absolute Gasteiger partial charge is 0.129 e. The van der Waals surface area contributed by atoms with Gasteiger partial charge in [-0.25, -0.2) is 8.78 Å². The summed E-state index contributed by atoms with van der Waals surface area (Å²) in [5.41, 5.74) is -0.921. The normalized spacial score (nSPS) is 27.3. The average molecular weight is 282 g/mol. The number of halogens is 2. The van der Waals surface area contributed by atoms with E-state index in [0.717, 1.165) is 25.7 Å². The van der Waals surface area contributed by atoms with Crippen LogP contribution in [0.25, 0.3) is 0 Å². The van der Waals surface area contributed by atoms with Crippen LogP contribution in [0.1, 0.15) is 57.4 Å². The van der Waals surface area contributed by atoms with Gasteiger partial charge >= 0.3 is 0 Å². The van der Waals surface area contributed by atoms with E-state index in [0.29, 0.717) is 18.8 Å². The van der Waals surface area contributed by atoms with E-state index in [1.807, 2.05) is 0 Å². The van der Waals surface area contributed by atoms with Gasteiger partial charge in [-0.05, 0) is 37.3 Å². The summed E-state index contributed by atoms with van der Waals surface area (Å²) in [6, 6.07) is 3.89. The molecule has 0 saturated heterocycles. The average Bonchev–Trinajstić information content (AvgIpc) is 2.58. The van der Waals surface area contributed by atoms with Crippen molar-refractivity contribution in [2.75, 3.05) is 0 Å². The van der Waals surface area contributed by atoms with Gasteiger partial charge in [0, 0.05) is 12.0 Å². The van der Waals surface area contributed by atoms with Crippen molar-refractivity contribution < 1.29 is 13.9 Å². The van der Waals surface area contributed by atoms with E-state index in [9.17, 15) is 13.9 Å². The summed E-state index contributed by atoms with van der Waals surface area (Å²) in [6.07, 6.45) is 6.74. The molecule has 1 aliphatic rings. The fraction of sp³-hybridized carbons (Fsp3) is 0.647. The zero-order chi connectivity index (χ0) is 14.6. The van der Waals surface area contributed by atoms with E-state index in [4.69, 9.17) is 0 Å². The number of aliphatic hydroxyl groups is 1. The molecule has 1 aliphatic carbocycles. The van der Waals surface area contributed by atoms with Crippen molar-refractivity contribution in [1.29, 1.82) is 0 Å². The molecular formula is C17H24F2O. The summed E-state index contributed by atoms with van der Waals surface area (Å²) in [4.78, 5) is 0. The Morgan fingerprint density at radius 2 is 1.90 bits per heavy atom. The van der Waals surface area contributed by atoms with Gasteiger partial charge in [-0.1, -0.05) is 38.7 Å². The predicted octanol–water partition coefficient (Wildman–Crippen LogP) is 4.62. The highest BCUT2D eigenvalue weighted by molar-refractivity contribution is 5.21. The minimum atomic E-state index is -0.953. The van der Waals surface area contributed by atoms with Crippen LogP contribution in [0.2, 0.25) is 0 Å². The van der Waals surface area contributed by atoms with Crippen LogP contribution >= 0.6 is 0 Å². The minimum absolute atomic E-state index is 0.0314. The molecule has 0 heterocycles. The number of hydrogen-bond acceptors (Lipinski definition) is 1. The van der Waals surface area contributed by atoms with Gasteiger partial charge in [0.15, 0.2) is 0 Å². The van der Waals surface area contributed by atoms with Crippen molar-refractivity contribution in [2.45, 2.75) is 63.9 Å². The van der Waals surface area contributed by atoms with Crippen LogP contribution in [0.15, 0.2) is 18.2 Å². The van der Waals surface area contributed by atoms with E-state index in [1.54, 1.807) is 0 Å². The standard InChI is InChI=1S/C17H24F2O/c1-2-5-13-6-4-10-17(20,11-9-13)12-14-15(18)7-3-8-16(14)19/h3,7-8,13,20H,2,4-6,9-12H2,1H3. The van der Waals surface area contributed by atoms with E-state index in [-0.39, 0.29) is 12.0 Å². The second-order valence-electron chi connectivity index (χ2n) is 6.19. The Hall–Kier alpha value is -0.960. The lowest BCUT2D eigenvalue weighted by molar-refractivity contribution is 0.0225.